The molecule has 0 unspecified atom stereocenters. The number of nitrogens with one attached hydrogen (secondary N) is 1. The third-order valence-corrected chi connectivity index (χ3v) is 6.03. The molecule has 1 aromatic carbocycles. The number of carbonyl (C=O) groups excluding carboxylic acids is 1. The van der Waals surface area contributed by atoms with Crippen LogP contribution in [-0.2, 0) is 4.79 Å². The van der Waals surface area contributed by atoms with Gasteiger partial charge >= 0.3 is 5.97 Å². The van der Waals surface area contributed by atoms with Gasteiger partial charge in [0.2, 0.25) is 0 Å². The van der Waals surface area contributed by atoms with Gasteiger partial charge in [-0.05, 0) is 56.4 Å². The number of imidazole rings is 1. The molecule has 0 spiro atoms. The monoisotopic (exact) mass is 477 g/mol. The first-order chi connectivity index (χ1) is 16.6. The van der Waals surface area contributed by atoms with Crippen LogP contribution in [0, 0.1) is 5.41 Å². The SMILES string of the molecule is CCCCCCCCC(=O)Oc1cccc(-c2nc3ccccn3c2NC(C)(C)CC(C)(C)C)c1. The van der Waals surface area contributed by atoms with Gasteiger partial charge in [-0.25, -0.2) is 4.98 Å². The lowest BCUT2D eigenvalue weighted by molar-refractivity contribution is -0.134. The van der Waals surface area contributed by atoms with Gasteiger partial charge in [0, 0.05) is 23.7 Å². The van der Waals surface area contributed by atoms with Crippen LogP contribution in [0.5, 0.6) is 5.75 Å². The number of carbonyl (C=O) groups is 1. The van der Waals surface area contributed by atoms with Gasteiger partial charge in [-0.15, -0.1) is 0 Å². The normalized spacial score (nSPS) is 12.2. The molecule has 3 aromatic rings. The molecule has 35 heavy (non-hydrogen) atoms. The zero-order valence-corrected chi connectivity index (χ0v) is 22.5. The van der Waals surface area contributed by atoms with E-state index in [2.05, 4.69) is 51.3 Å². The van der Waals surface area contributed by atoms with Crippen molar-refractivity contribution in [2.45, 2.75) is 98.4 Å². The summed E-state index contributed by atoms with van der Waals surface area (Å²) in [5.41, 5.74) is 2.70. The Morgan fingerprint density at radius 1 is 0.971 bits per heavy atom. The van der Waals surface area contributed by atoms with Crippen LogP contribution in [0.15, 0.2) is 48.7 Å². The minimum atomic E-state index is -0.169. The van der Waals surface area contributed by atoms with Gasteiger partial charge < -0.3 is 10.1 Å². The van der Waals surface area contributed by atoms with E-state index in [1.54, 1.807) is 0 Å². The predicted molar refractivity (Wildman–Crippen MR) is 146 cm³/mol. The highest BCUT2D eigenvalue weighted by Crippen LogP contribution is 2.35. The summed E-state index contributed by atoms with van der Waals surface area (Å²) in [4.78, 5) is 17.4. The van der Waals surface area contributed by atoms with Gasteiger partial charge in [0.25, 0.3) is 0 Å². The molecule has 0 aliphatic carbocycles. The van der Waals surface area contributed by atoms with E-state index in [-0.39, 0.29) is 16.9 Å². The maximum absolute atomic E-state index is 12.4. The van der Waals surface area contributed by atoms with Gasteiger partial charge in [-0.3, -0.25) is 9.20 Å². The summed E-state index contributed by atoms with van der Waals surface area (Å²) in [5.74, 6) is 1.35. The van der Waals surface area contributed by atoms with Crippen molar-refractivity contribution in [2.24, 2.45) is 5.41 Å². The Hall–Kier alpha value is -2.82. The zero-order valence-electron chi connectivity index (χ0n) is 22.5. The molecule has 2 aromatic heterocycles. The fraction of sp³-hybridized carbons (Fsp3) is 0.533. The molecule has 5 heteroatoms. The van der Waals surface area contributed by atoms with E-state index in [0.717, 1.165) is 42.0 Å². The molecule has 190 valence electrons. The highest BCUT2D eigenvalue weighted by Gasteiger charge is 2.28. The summed E-state index contributed by atoms with van der Waals surface area (Å²) in [6.07, 6.45) is 10.4. The van der Waals surface area contributed by atoms with Crippen LogP contribution in [0.1, 0.15) is 92.9 Å². The van der Waals surface area contributed by atoms with E-state index in [1.165, 1.54) is 25.7 Å². The Morgan fingerprint density at radius 2 is 1.71 bits per heavy atom. The van der Waals surface area contributed by atoms with Crippen molar-refractivity contribution in [1.82, 2.24) is 9.38 Å². The van der Waals surface area contributed by atoms with Crippen molar-refractivity contribution in [3.05, 3.63) is 48.7 Å². The number of ether oxygens (including phenoxy) is 1. The number of nitrogens with zero attached hydrogens (tertiary/aromatic N) is 2. The second-order valence-corrected chi connectivity index (χ2v) is 11.5. The molecule has 0 fully saturated rings. The van der Waals surface area contributed by atoms with Crippen LogP contribution in [0.25, 0.3) is 16.9 Å². The van der Waals surface area contributed by atoms with Gasteiger partial charge in [0.05, 0.1) is 0 Å². The van der Waals surface area contributed by atoms with E-state index in [9.17, 15) is 4.79 Å². The Kier molecular flexibility index (Phi) is 8.98. The summed E-state index contributed by atoms with van der Waals surface area (Å²) >= 11 is 0. The number of pyridine rings is 1. The molecule has 0 aliphatic rings. The van der Waals surface area contributed by atoms with Crippen molar-refractivity contribution in [2.75, 3.05) is 5.32 Å². The minimum absolute atomic E-state index is 0.139. The lowest BCUT2D eigenvalue weighted by Gasteiger charge is -2.34. The van der Waals surface area contributed by atoms with Crippen molar-refractivity contribution >= 4 is 17.4 Å². The molecule has 5 nitrogen and oxygen atoms in total. The number of anilines is 1. The molecule has 0 saturated heterocycles. The van der Waals surface area contributed by atoms with E-state index in [4.69, 9.17) is 9.72 Å². The molecule has 0 aliphatic heterocycles. The van der Waals surface area contributed by atoms with Crippen molar-refractivity contribution in [1.29, 1.82) is 0 Å². The predicted octanol–water partition coefficient (Wildman–Crippen LogP) is 8.28. The van der Waals surface area contributed by atoms with E-state index in [0.29, 0.717) is 12.2 Å². The number of fused-ring (bicyclic) bond motifs is 1. The van der Waals surface area contributed by atoms with Gasteiger partial charge in [0.1, 0.15) is 22.9 Å². The Morgan fingerprint density at radius 3 is 2.46 bits per heavy atom. The van der Waals surface area contributed by atoms with E-state index < -0.39 is 0 Å². The number of hydrogen-bond donors (Lipinski definition) is 1. The van der Waals surface area contributed by atoms with Crippen LogP contribution in [-0.4, -0.2) is 20.9 Å². The van der Waals surface area contributed by atoms with Crippen LogP contribution in [0.3, 0.4) is 0 Å². The fourth-order valence-electron chi connectivity index (χ4n) is 4.95. The molecule has 0 amide bonds. The third-order valence-electron chi connectivity index (χ3n) is 6.03. The van der Waals surface area contributed by atoms with Crippen molar-refractivity contribution in [3.63, 3.8) is 0 Å². The first kappa shape index (κ1) is 26.8. The number of hydrogen-bond acceptors (Lipinski definition) is 4. The van der Waals surface area contributed by atoms with Gasteiger partial charge in [0.15, 0.2) is 0 Å². The minimum Gasteiger partial charge on any atom is -0.427 e. The average molecular weight is 478 g/mol. The topological polar surface area (TPSA) is 55.6 Å². The molecule has 0 radical (unpaired) electrons. The average Bonchev–Trinajstić information content (AvgIpc) is 3.12. The quantitative estimate of drug-likeness (QED) is 0.162. The highest BCUT2D eigenvalue weighted by atomic mass is 16.5. The largest absolute Gasteiger partial charge is 0.427 e. The first-order valence-electron chi connectivity index (χ1n) is 13.1. The Labute approximate surface area is 211 Å². The number of esters is 1. The molecule has 0 bridgehead atoms. The zero-order chi connectivity index (χ0) is 25.5. The van der Waals surface area contributed by atoms with E-state index >= 15 is 0 Å². The summed E-state index contributed by atoms with van der Waals surface area (Å²) in [6.45, 7) is 13.4. The number of aromatic nitrogens is 2. The van der Waals surface area contributed by atoms with Gasteiger partial charge in [-0.2, -0.15) is 0 Å². The molecule has 1 N–H and O–H groups in total. The fourth-order valence-corrected chi connectivity index (χ4v) is 4.95. The molecule has 3 rings (SSSR count). The lowest BCUT2D eigenvalue weighted by Crippen LogP contribution is -2.36. The second kappa shape index (κ2) is 11.7. The number of unbranched alkanes of at least 4 members (excludes halogenated alkanes) is 5. The first-order valence-corrected chi connectivity index (χ1v) is 13.1. The molecule has 0 saturated carbocycles. The van der Waals surface area contributed by atoms with Crippen molar-refractivity contribution < 1.29 is 9.53 Å². The summed E-state index contributed by atoms with van der Waals surface area (Å²) in [7, 11) is 0. The number of benzene rings is 1. The van der Waals surface area contributed by atoms with Gasteiger partial charge in [-0.1, -0.05) is 78.0 Å². The summed E-state index contributed by atoms with van der Waals surface area (Å²) in [5, 5.41) is 3.77. The molecular weight excluding hydrogens is 434 g/mol. The maximum Gasteiger partial charge on any atom is 0.311 e. The highest BCUT2D eigenvalue weighted by molar-refractivity contribution is 5.79. The third kappa shape index (κ3) is 8.12. The lowest BCUT2D eigenvalue weighted by atomic mass is 9.82. The maximum atomic E-state index is 12.4. The molecule has 0 atom stereocenters. The van der Waals surface area contributed by atoms with Crippen LogP contribution in [0.4, 0.5) is 5.82 Å². The summed E-state index contributed by atoms with van der Waals surface area (Å²) in [6, 6.07) is 13.7. The van der Waals surface area contributed by atoms with Crippen LogP contribution >= 0.6 is 0 Å². The number of rotatable bonds is 12. The summed E-state index contributed by atoms with van der Waals surface area (Å²) < 4.78 is 7.79. The Balaban J connectivity index is 1.79. The second-order valence-electron chi connectivity index (χ2n) is 11.5. The van der Waals surface area contributed by atoms with Crippen LogP contribution in [0.2, 0.25) is 0 Å². The van der Waals surface area contributed by atoms with Crippen LogP contribution < -0.4 is 10.1 Å². The van der Waals surface area contributed by atoms with E-state index in [1.807, 2.05) is 48.7 Å². The molecule has 2 heterocycles. The Bertz CT molecular complexity index is 1110. The smallest absolute Gasteiger partial charge is 0.311 e. The van der Waals surface area contributed by atoms with Crippen molar-refractivity contribution in [3.8, 4) is 17.0 Å². The molecular formula is C30H43N3O2. The standard InChI is InChI=1S/C30H43N3O2/c1-7-8-9-10-11-12-19-26(34)35-24-17-15-16-23(21-24)27-28(32-30(5,6)22-29(2,3)4)33-20-14-13-18-25(33)31-27/h13-18,20-21,32H,7-12,19,22H2,1-6H3.